The lowest BCUT2D eigenvalue weighted by Crippen LogP contribution is -2.52. The Hall–Kier alpha value is -1.62. The summed E-state index contributed by atoms with van der Waals surface area (Å²) in [7, 11) is 2.02. The van der Waals surface area contributed by atoms with Gasteiger partial charge in [-0.2, -0.15) is 0 Å². The smallest absolute Gasteiger partial charge is 0.257 e. The summed E-state index contributed by atoms with van der Waals surface area (Å²) in [5, 5.41) is 0. The van der Waals surface area contributed by atoms with Gasteiger partial charge in [0.05, 0.1) is 5.56 Å². The summed E-state index contributed by atoms with van der Waals surface area (Å²) >= 11 is 0. The molecule has 104 valence electrons. The molecular weight excluding hydrogens is 245 g/mol. The first-order valence-corrected chi connectivity index (χ1v) is 6.45. The fourth-order valence-electron chi connectivity index (χ4n) is 2.55. The van der Waals surface area contributed by atoms with Crippen LogP contribution < -0.4 is 5.73 Å². The molecule has 0 spiro atoms. The van der Waals surface area contributed by atoms with Gasteiger partial charge >= 0.3 is 0 Å². The van der Waals surface area contributed by atoms with Crippen molar-refractivity contribution in [2.24, 2.45) is 0 Å². The van der Waals surface area contributed by atoms with Gasteiger partial charge in [0.15, 0.2) is 0 Å². The molecule has 1 saturated heterocycles. The number of hydrogen-bond acceptors (Lipinski definition) is 3. The highest BCUT2D eigenvalue weighted by Gasteiger charge is 2.28. The summed E-state index contributed by atoms with van der Waals surface area (Å²) in [6.07, 6.45) is 0. The lowest BCUT2D eigenvalue weighted by Gasteiger charge is -2.38. The largest absolute Gasteiger partial charge is 0.399 e. The van der Waals surface area contributed by atoms with Crippen LogP contribution in [0.15, 0.2) is 12.1 Å². The number of amides is 1. The minimum absolute atomic E-state index is 0.0763. The van der Waals surface area contributed by atoms with Gasteiger partial charge in [0.1, 0.15) is 5.82 Å². The Labute approximate surface area is 113 Å². The van der Waals surface area contributed by atoms with E-state index in [1.54, 1.807) is 17.9 Å². The number of nitrogen functional groups attached to an aromatic ring is 1. The zero-order chi connectivity index (χ0) is 14.2. The molecule has 0 bridgehead atoms. The number of carbonyl (C=O) groups excluding carboxylic acids is 1. The van der Waals surface area contributed by atoms with Crippen molar-refractivity contribution in [3.63, 3.8) is 0 Å². The number of piperazine rings is 1. The van der Waals surface area contributed by atoms with E-state index < -0.39 is 5.82 Å². The molecule has 1 amide bonds. The topological polar surface area (TPSA) is 49.6 Å². The van der Waals surface area contributed by atoms with E-state index in [1.807, 2.05) is 14.0 Å². The standard InChI is InChI=1S/C14H20FN3O/c1-9-6-11(16)7-12(13(9)15)14(19)18-5-4-17(3)8-10(18)2/h6-7,10H,4-5,8,16H2,1-3H3. The van der Waals surface area contributed by atoms with E-state index in [1.165, 1.54) is 6.07 Å². The second kappa shape index (κ2) is 5.17. The molecule has 1 atom stereocenters. The van der Waals surface area contributed by atoms with Crippen molar-refractivity contribution in [3.8, 4) is 0 Å². The van der Waals surface area contributed by atoms with Crippen LogP contribution in [-0.2, 0) is 0 Å². The SMILES string of the molecule is Cc1cc(N)cc(C(=O)N2CCN(C)CC2C)c1F. The van der Waals surface area contributed by atoms with Crippen LogP contribution in [-0.4, -0.2) is 48.4 Å². The van der Waals surface area contributed by atoms with Gasteiger partial charge < -0.3 is 15.5 Å². The molecule has 19 heavy (non-hydrogen) atoms. The third-order valence-electron chi connectivity index (χ3n) is 3.60. The Kier molecular flexibility index (Phi) is 3.75. The minimum atomic E-state index is -0.467. The van der Waals surface area contributed by atoms with Gasteiger partial charge in [0, 0.05) is 31.4 Å². The first kappa shape index (κ1) is 13.8. The van der Waals surface area contributed by atoms with Gasteiger partial charge in [-0.25, -0.2) is 4.39 Å². The van der Waals surface area contributed by atoms with E-state index in [4.69, 9.17) is 5.73 Å². The van der Waals surface area contributed by atoms with E-state index >= 15 is 0 Å². The molecule has 1 aromatic carbocycles. The Morgan fingerprint density at radius 3 is 2.74 bits per heavy atom. The van der Waals surface area contributed by atoms with Gasteiger partial charge in [-0.3, -0.25) is 4.79 Å². The second-order valence-corrected chi connectivity index (χ2v) is 5.31. The van der Waals surface area contributed by atoms with Crippen molar-refractivity contribution in [2.75, 3.05) is 32.4 Å². The molecule has 4 nitrogen and oxygen atoms in total. The lowest BCUT2D eigenvalue weighted by atomic mass is 10.1. The highest BCUT2D eigenvalue weighted by atomic mass is 19.1. The number of likely N-dealkylation sites (N-methyl/N-ethyl adjacent to an activating group) is 1. The molecule has 1 aromatic rings. The Balaban J connectivity index is 2.29. The number of nitrogens with two attached hydrogens (primary N) is 1. The van der Waals surface area contributed by atoms with Crippen molar-refractivity contribution in [3.05, 3.63) is 29.1 Å². The predicted octanol–water partition coefficient (Wildman–Crippen LogP) is 1.49. The maximum absolute atomic E-state index is 14.1. The molecule has 1 fully saturated rings. The van der Waals surface area contributed by atoms with E-state index in [-0.39, 0.29) is 17.5 Å². The highest BCUT2D eigenvalue weighted by molar-refractivity contribution is 5.96. The molecular formula is C14H20FN3O. The van der Waals surface area contributed by atoms with Crippen molar-refractivity contribution in [1.82, 2.24) is 9.80 Å². The normalized spacial score (nSPS) is 20.6. The number of nitrogens with zero attached hydrogens (tertiary/aromatic N) is 2. The van der Waals surface area contributed by atoms with Gasteiger partial charge in [-0.1, -0.05) is 0 Å². The second-order valence-electron chi connectivity index (χ2n) is 5.31. The fraction of sp³-hybridized carbons (Fsp3) is 0.500. The molecule has 2 rings (SSSR count). The van der Waals surface area contributed by atoms with Gasteiger partial charge in [0.2, 0.25) is 0 Å². The van der Waals surface area contributed by atoms with Gasteiger partial charge in [-0.05, 0) is 38.6 Å². The van der Waals surface area contributed by atoms with Crippen LogP contribution in [0.5, 0.6) is 0 Å². The molecule has 1 unspecified atom stereocenters. The summed E-state index contributed by atoms with van der Waals surface area (Å²) in [6, 6.07) is 3.04. The van der Waals surface area contributed by atoms with Gasteiger partial charge in [-0.15, -0.1) is 0 Å². The number of carbonyl (C=O) groups is 1. The van der Waals surface area contributed by atoms with Crippen LogP contribution in [0.1, 0.15) is 22.8 Å². The first-order chi connectivity index (χ1) is 8.90. The zero-order valence-electron chi connectivity index (χ0n) is 11.6. The average Bonchev–Trinajstić information content (AvgIpc) is 2.33. The maximum Gasteiger partial charge on any atom is 0.257 e. The van der Waals surface area contributed by atoms with Crippen LogP contribution in [0, 0.1) is 12.7 Å². The van der Waals surface area contributed by atoms with E-state index in [0.29, 0.717) is 17.8 Å². The zero-order valence-corrected chi connectivity index (χ0v) is 11.6. The molecule has 5 heteroatoms. The van der Waals surface area contributed by atoms with E-state index in [2.05, 4.69) is 4.90 Å². The molecule has 0 saturated carbocycles. The third-order valence-corrected chi connectivity index (χ3v) is 3.60. The van der Waals surface area contributed by atoms with Crippen molar-refractivity contribution in [2.45, 2.75) is 19.9 Å². The Morgan fingerprint density at radius 2 is 2.11 bits per heavy atom. The van der Waals surface area contributed by atoms with Crippen LogP contribution in [0.3, 0.4) is 0 Å². The number of halogens is 1. The summed E-state index contributed by atoms with van der Waals surface area (Å²) in [6.45, 7) is 5.82. The monoisotopic (exact) mass is 265 g/mol. The summed E-state index contributed by atoms with van der Waals surface area (Å²) in [5.41, 5.74) is 6.61. The van der Waals surface area contributed by atoms with Crippen LogP contribution in [0.4, 0.5) is 10.1 Å². The average molecular weight is 265 g/mol. The number of aryl methyl sites for hydroxylation is 1. The van der Waals surface area contributed by atoms with E-state index in [9.17, 15) is 9.18 Å². The fourth-order valence-corrected chi connectivity index (χ4v) is 2.55. The maximum atomic E-state index is 14.1. The van der Waals surface area contributed by atoms with Crippen molar-refractivity contribution >= 4 is 11.6 Å². The van der Waals surface area contributed by atoms with Crippen molar-refractivity contribution in [1.29, 1.82) is 0 Å². The molecule has 1 aliphatic heterocycles. The molecule has 2 N–H and O–H groups in total. The first-order valence-electron chi connectivity index (χ1n) is 6.45. The van der Waals surface area contributed by atoms with Crippen LogP contribution >= 0.6 is 0 Å². The molecule has 0 radical (unpaired) electrons. The number of rotatable bonds is 1. The van der Waals surface area contributed by atoms with E-state index in [0.717, 1.165) is 13.1 Å². The quantitative estimate of drug-likeness (QED) is 0.783. The summed E-state index contributed by atoms with van der Waals surface area (Å²) in [5.74, 6) is -0.737. The van der Waals surface area contributed by atoms with Crippen LogP contribution in [0.25, 0.3) is 0 Å². The lowest BCUT2D eigenvalue weighted by molar-refractivity contribution is 0.0529. The molecule has 1 heterocycles. The van der Waals surface area contributed by atoms with Gasteiger partial charge in [0.25, 0.3) is 5.91 Å². The molecule has 1 aliphatic rings. The number of anilines is 1. The predicted molar refractivity (Wildman–Crippen MR) is 73.5 cm³/mol. The Bertz CT molecular complexity index is 504. The highest BCUT2D eigenvalue weighted by Crippen LogP contribution is 2.21. The number of benzene rings is 1. The molecule has 0 aliphatic carbocycles. The molecule has 0 aromatic heterocycles. The minimum Gasteiger partial charge on any atom is -0.399 e. The Morgan fingerprint density at radius 1 is 1.42 bits per heavy atom. The number of hydrogen-bond donors (Lipinski definition) is 1. The third kappa shape index (κ3) is 2.71. The summed E-state index contributed by atoms with van der Waals surface area (Å²) in [4.78, 5) is 16.3. The van der Waals surface area contributed by atoms with Crippen LogP contribution in [0.2, 0.25) is 0 Å². The van der Waals surface area contributed by atoms with Crippen molar-refractivity contribution < 1.29 is 9.18 Å². The summed E-state index contributed by atoms with van der Waals surface area (Å²) < 4.78 is 14.1.